The Labute approximate surface area is 161 Å². The van der Waals surface area contributed by atoms with Crippen LogP contribution in [0.1, 0.15) is 31.2 Å². The van der Waals surface area contributed by atoms with Crippen molar-refractivity contribution in [1.82, 2.24) is 4.72 Å². The maximum Gasteiger partial charge on any atom is 0.240 e. The number of likely N-dealkylation sites (N-methyl/N-ethyl adjacent to an activating group) is 1. The Balaban J connectivity index is 1.81. The summed E-state index contributed by atoms with van der Waals surface area (Å²) in [5.74, 6) is 0. The van der Waals surface area contributed by atoms with Gasteiger partial charge in [-0.3, -0.25) is 0 Å². The van der Waals surface area contributed by atoms with E-state index in [4.69, 9.17) is 11.6 Å². The first kappa shape index (κ1) is 19.2. The van der Waals surface area contributed by atoms with Crippen molar-refractivity contribution in [3.8, 4) is 0 Å². The Morgan fingerprint density at radius 1 is 1.08 bits per heavy atom. The molecule has 2 aromatic rings. The zero-order chi connectivity index (χ0) is 18.7. The standard InChI is InChI=1S/C20H25ClN2O2S/c1-15-6-5-7-17(14-15)23(2)20-9-4-3-8-19(20)22-26(24,25)18-12-10-16(21)11-13-18/h5-7,10-14,19-20,22H,3-4,8-9H2,1-2H3. The minimum atomic E-state index is -3.57. The molecule has 1 aliphatic rings. The van der Waals surface area contributed by atoms with Gasteiger partial charge in [0, 0.05) is 29.8 Å². The summed E-state index contributed by atoms with van der Waals surface area (Å²) in [5.41, 5.74) is 2.32. The van der Waals surface area contributed by atoms with E-state index in [2.05, 4.69) is 34.7 Å². The van der Waals surface area contributed by atoms with Crippen molar-refractivity contribution in [2.24, 2.45) is 0 Å². The van der Waals surface area contributed by atoms with Crippen LogP contribution in [-0.2, 0) is 10.0 Å². The summed E-state index contributed by atoms with van der Waals surface area (Å²) >= 11 is 5.88. The fourth-order valence-electron chi connectivity index (χ4n) is 3.63. The number of hydrogen-bond acceptors (Lipinski definition) is 3. The largest absolute Gasteiger partial charge is 0.370 e. The molecule has 0 saturated heterocycles. The van der Waals surface area contributed by atoms with Crippen LogP contribution in [0.4, 0.5) is 5.69 Å². The molecule has 26 heavy (non-hydrogen) atoms. The summed E-state index contributed by atoms with van der Waals surface area (Å²) in [5, 5.41) is 0.527. The average Bonchev–Trinajstić information content (AvgIpc) is 2.62. The van der Waals surface area contributed by atoms with E-state index < -0.39 is 10.0 Å². The summed E-state index contributed by atoms with van der Waals surface area (Å²) in [6.45, 7) is 2.07. The molecule has 1 saturated carbocycles. The first-order valence-corrected chi connectivity index (χ1v) is 10.8. The third kappa shape index (κ3) is 4.40. The van der Waals surface area contributed by atoms with Gasteiger partial charge in [-0.2, -0.15) is 0 Å². The molecule has 4 nitrogen and oxygen atoms in total. The van der Waals surface area contributed by atoms with Gasteiger partial charge in [0.05, 0.1) is 4.90 Å². The monoisotopic (exact) mass is 392 g/mol. The van der Waals surface area contributed by atoms with Crippen LogP contribution in [0.15, 0.2) is 53.4 Å². The molecule has 0 spiro atoms. The molecule has 3 rings (SSSR count). The summed E-state index contributed by atoms with van der Waals surface area (Å²) in [7, 11) is -1.52. The second-order valence-corrected chi connectivity index (χ2v) is 9.13. The quantitative estimate of drug-likeness (QED) is 0.821. The van der Waals surface area contributed by atoms with Crippen LogP contribution >= 0.6 is 11.6 Å². The number of nitrogens with zero attached hydrogens (tertiary/aromatic N) is 1. The summed E-state index contributed by atoms with van der Waals surface area (Å²) < 4.78 is 28.5. The molecular weight excluding hydrogens is 368 g/mol. The van der Waals surface area contributed by atoms with Crippen molar-refractivity contribution < 1.29 is 8.42 Å². The summed E-state index contributed by atoms with van der Waals surface area (Å²) in [6, 6.07) is 14.6. The minimum Gasteiger partial charge on any atom is -0.370 e. The normalized spacial score (nSPS) is 20.7. The minimum absolute atomic E-state index is 0.116. The van der Waals surface area contributed by atoms with Gasteiger partial charge in [0.25, 0.3) is 0 Å². The van der Waals surface area contributed by atoms with E-state index in [1.165, 1.54) is 5.56 Å². The molecular formula is C20H25ClN2O2S. The number of halogens is 1. The zero-order valence-corrected chi connectivity index (χ0v) is 16.7. The molecule has 2 aromatic carbocycles. The second kappa shape index (κ2) is 7.99. The van der Waals surface area contributed by atoms with Gasteiger partial charge in [-0.15, -0.1) is 0 Å². The third-order valence-corrected chi connectivity index (χ3v) is 6.82. The number of benzene rings is 2. The third-order valence-electron chi connectivity index (χ3n) is 5.07. The van der Waals surface area contributed by atoms with Crippen molar-refractivity contribution in [2.75, 3.05) is 11.9 Å². The lowest BCUT2D eigenvalue weighted by Gasteiger charge is -2.39. The van der Waals surface area contributed by atoms with Crippen molar-refractivity contribution in [3.05, 3.63) is 59.1 Å². The van der Waals surface area contributed by atoms with E-state index in [1.54, 1.807) is 24.3 Å². The van der Waals surface area contributed by atoms with Crippen LogP contribution in [0.2, 0.25) is 5.02 Å². The molecule has 0 bridgehead atoms. The highest BCUT2D eigenvalue weighted by Crippen LogP contribution is 2.28. The van der Waals surface area contributed by atoms with Crippen molar-refractivity contribution in [2.45, 2.75) is 49.6 Å². The fourth-order valence-corrected chi connectivity index (χ4v) is 5.06. The Kier molecular flexibility index (Phi) is 5.90. The van der Waals surface area contributed by atoms with Crippen LogP contribution in [0.25, 0.3) is 0 Å². The van der Waals surface area contributed by atoms with Gasteiger partial charge >= 0.3 is 0 Å². The predicted octanol–water partition coefficient (Wildman–Crippen LogP) is 4.37. The van der Waals surface area contributed by atoms with Crippen LogP contribution in [-0.4, -0.2) is 27.5 Å². The van der Waals surface area contributed by atoms with Gasteiger partial charge in [0.1, 0.15) is 0 Å². The summed E-state index contributed by atoms with van der Waals surface area (Å²) in [6.07, 6.45) is 3.96. The number of rotatable bonds is 5. The van der Waals surface area contributed by atoms with E-state index >= 15 is 0 Å². The van der Waals surface area contributed by atoms with Gasteiger partial charge in [0.15, 0.2) is 0 Å². The fraction of sp³-hybridized carbons (Fsp3) is 0.400. The molecule has 0 radical (unpaired) electrons. The highest BCUT2D eigenvalue weighted by molar-refractivity contribution is 7.89. The predicted molar refractivity (Wildman–Crippen MR) is 107 cm³/mol. The van der Waals surface area contributed by atoms with E-state index in [-0.39, 0.29) is 17.0 Å². The molecule has 1 N–H and O–H groups in total. The van der Waals surface area contributed by atoms with Gasteiger partial charge in [-0.05, 0) is 61.7 Å². The van der Waals surface area contributed by atoms with E-state index in [1.807, 2.05) is 13.1 Å². The average molecular weight is 393 g/mol. The molecule has 6 heteroatoms. The number of nitrogens with one attached hydrogen (secondary N) is 1. The highest BCUT2D eigenvalue weighted by Gasteiger charge is 2.32. The Hall–Kier alpha value is -1.56. The van der Waals surface area contributed by atoms with Crippen LogP contribution in [0, 0.1) is 6.92 Å². The molecule has 1 fully saturated rings. The lowest BCUT2D eigenvalue weighted by molar-refractivity contribution is 0.351. The van der Waals surface area contributed by atoms with Gasteiger partial charge in [-0.1, -0.05) is 36.6 Å². The van der Waals surface area contributed by atoms with Crippen LogP contribution in [0.5, 0.6) is 0 Å². The first-order valence-electron chi connectivity index (χ1n) is 8.94. The van der Waals surface area contributed by atoms with Crippen molar-refractivity contribution in [1.29, 1.82) is 0 Å². The lowest BCUT2D eigenvalue weighted by atomic mass is 9.89. The molecule has 1 aliphatic carbocycles. The number of sulfonamides is 1. The molecule has 2 unspecified atom stereocenters. The molecule has 2 atom stereocenters. The SMILES string of the molecule is Cc1cccc(N(C)C2CCCCC2NS(=O)(=O)c2ccc(Cl)cc2)c1. The maximum atomic E-state index is 12.8. The van der Waals surface area contributed by atoms with Gasteiger partial charge < -0.3 is 4.90 Å². The smallest absolute Gasteiger partial charge is 0.240 e. The first-order chi connectivity index (χ1) is 12.4. The molecule has 0 aliphatic heterocycles. The van der Waals surface area contributed by atoms with Crippen molar-refractivity contribution >= 4 is 27.3 Å². The van der Waals surface area contributed by atoms with E-state index in [0.29, 0.717) is 5.02 Å². The molecule has 0 heterocycles. The number of hydrogen-bond donors (Lipinski definition) is 1. The lowest BCUT2D eigenvalue weighted by Crippen LogP contribution is -2.52. The van der Waals surface area contributed by atoms with Crippen molar-refractivity contribution in [3.63, 3.8) is 0 Å². The van der Waals surface area contributed by atoms with Gasteiger partial charge in [0.2, 0.25) is 10.0 Å². The number of aryl methyl sites for hydroxylation is 1. The van der Waals surface area contributed by atoms with E-state index in [0.717, 1.165) is 31.4 Å². The maximum absolute atomic E-state index is 12.8. The van der Waals surface area contributed by atoms with Crippen LogP contribution in [0.3, 0.4) is 0 Å². The molecule has 0 aromatic heterocycles. The van der Waals surface area contributed by atoms with Crippen LogP contribution < -0.4 is 9.62 Å². The Morgan fingerprint density at radius 2 is 1.77 bits per heavy atom. The zero-order valence-electron chi connectivity index (χ0n) is 15.2. The summed E-state index contributed by atoms with van der Waals surface area (Å²) in [4.78, 5) is 2.46. The number of anilines is 1. The highest BCUT2D eigenvalue weighted by atomic mass is 35.5. The second-order valence-electron chi connectivity index (χ2n) is 6.98. The van der Waals surface area contributed by atoms with E-state index in [9.17, 15) is 8.42 Å². The topological polar surface area (TPSA) is 49.4 Å². The van der Waals surface area contributed by atoms with Gasteiger partial charge in [-0.25, -0.2) is 13.1 Å². The Bertz CT molecular complexity index is 852. The Morgan fingerprint density at radius 3 is 2.46 bits per heavy atom. The molecule has 140 valence electrons. The molecule has 0 amide bonds.